The molecular formula is C15H19ClN2S. The maximum atomic E-state index is 8.81. The van der Waals surface area contributed by atoms with Crippen LogP contribution < -0.4 is 5.32 Å². The van der Waals surface area contributed by atoms with Gasteiger partial charge in [-0.1, -0.05) is 30.5 Å². The highest BCUT2D eigenvalue weighted by Crippen LogP contribution is 2.39. The first-order chi connectivity index (χ1) is 9.19. The van der Waals surface area contributed by atoms with Crippen LogP contribution in [0.3, 0.4) is 0 Å². The Kier molecular flexibility index (Phi) is 5.15. The van der Waals surface area contributed by atoms with E-state index in [0.717, 1.165) is 18.7 Å². The Morgan fingerprint density at radius 1 is 1.42 bits per heavy atom. The van der Waals surface area contributed by atoms with Crippen molar-refractivity contribution in [3.05, 3.63) is 34.3 Å². The summed E-state index contributed by atoms with van der Waals surface area (Å²) in [5.41, 5.74) is 1.68. The number of nitriles is 1. The van der Waals surface area contributed by atoms with Crippen molar-refractivity contribution in [2.75, 3.05) is 12.8 Å². The van der Waals surface area contributed by atoms with Crippen LogP contribution >= 0.6 is 23.4 Å². The molecular weight excluding hydrogens is 276 g/mol. The maximum Gasteiger partial charge on any atom is 0.0992 e. The van der Waals surface area contributed by atoms with Gasteiger partial charge in [-0.15, -0.1) is 0 Å². The van der Waals surface area contributed by atoms with Gasteiger partial charge in [-0.2, -0.15) is 17.0 Å². The fourth-order valence-electron chi connectivity index (χ4n) is 2.66. The number of benzene rings is 1. The Hall–Kier alpha value is -0.690. The van der Waals surface area contributed by atoms with Crippen LogP contribution in [0.2, 0.25) is 5.02 Å². The molecule has 0 heterocycles. The molecule has 1 aliphatic rings. The van der Waals surface area contributed by atoms with Crippen molar-refractivity contribution in [1.82, 2.24) is 5.32 Å². The number of nitrogens with one attached hydrogen (secondary N) is 1. The monoisotopic (exact) mass is 294 g/mol. The average molecular weight is 295 g/mol. The van der Waals surface area contributed by atoms with Crippen LogP contribution in [0.4, 0.5) is 0 Å². The highest BCUT2D eigenvalue weighted by molar-refractivity contribution is 8.00. The third kappa shape index (κ3) is 3.66. The summed E-state index contributed by atoms with van der Waals surface area (Å²) in [5, 5.41) is 13.0. The van der Waals surface area contributed by atoms with Crippen LogP contribution in [-0.4, -0.2) is 17.5 Å². The fourth-order valence-corrected chi connectivity index (χ4v) is 3.85. The van der Waals surface area contributed by atoms with E-state index in [4.69, 9.17) is 16.9 Å². The van der Waals surface area contributed by atoms with Crippen LogP contribution in [0, 0.1) is 11.3 Å². The Labute approximate surface area is 124 Å². The molecule has 4 heteroatoms. The summed E-state index contributed by atoms with van der Waals surface area (Å²) in [6.45, 7) is 1.80. The second kappa shape index (κ2) is 6.65. The van der Waals surface area contributed by atoms with Crippen molar-refractivity contribution in [2.24, 2.45) is 0 Å². The summed E-state index contributed by atoms with van der Waals surface area (Å²) in [7, 11) is 0. The minimum absolute atomic E-state index is 0.416. The molecule has 0 aliphatic heterocycles. The van der Waals surface area contributed by atoms with Gasteiger partial charge < -0.3 is 5.32 Å². The van der Waals surface area contributed by atoms with Gasteiger partial charge in [-0.05, 0) is 36.8 Å². The van der Waals surface area contributed by atoms with E-state index in [1.807, 2.05) is 23.9 Å². The van der Waals surface area contributed by atoms with E-state index in [1.165, 1.54) is 25.7 Å². The number of hydrogen-bond acceptors (Lipinski definition) is 3. The first-order valence-electron chi connectivity index (χ1n) is 6.63. The third-order valence-electron chi connectivity index (χ3n) is 3.89. The normalized spacial score (nSPS) is 17.3. The second-order valence-electron chi connectivity index (χ2n) is 5.12. The molecule has 1 aromatic carbocycles. The molecule has 2 rings (SSSR count). The second-order valence-corrected chi connectivity index (χ2v) is 6.80. The zero-order valence-corrected chi connectivity index (χ0v) is 12.8. The number of rotatable bonds is 5. The van der Waals surface area contributed by atoms with Crippen LogP contribution in [-0.2, 0) is 6.54 Å². The summed E-state index contributed by atoms with van der Waals surface area (Å²) in [4.78, 5) is 0. The average Bonchev–Trinajstić information content (AvgIpc) is 2.90. The zero-order chi connectivity index (χ0) is 13.7. The minimum Gasteiger partial charge on any atom is -0.311 e. The molecule has 0 saturated heterocycles. The van der Waals surface area contributed by atoms with E-state index in [-0.39, 0.29) is 0 Å². The van der Waals surface area contributed by atoms with Gasteiger partial charge in [-0.25, -0.2) is 0 Å². The summed E-state index contributed by atoms with van der Waals surface area (Å²) in [6, 6.07) is 7.60. The zero-order valence-electron chi connectivity index (χ0n) is 11.2. The van der Waals surface area contributed by atoms with E-state index in [2.05, 4.69) is 17.6 Å². The molecule has 1 aromatic rings. The molecule has 0 atom stereocenters. The van der Waals surface area contributed by atoms with Gasteiger partial charge in [0.05, 0.1) is 11.6 Å². The molecule has 1 aliphatic carbocycles. The molecule has 19 heavy (non-hydrogen) atoms. The van der Waals surface area contributed by atoms with Gasteiger partial charge in [0.2, 0.25) is 0 Å². The Morgan fingerprint density at radius 3 is 2.74 bits per heavy atom. The van der Waals surface area contributed by atoms with Crippen LogP contribution in [0.5, 0.6) is 0 Å². The van der Waals surface area contributed by atoms with Crippen LogP contribution in [0.15, 0.2) is 18.2 Å². The van der Waals surface area contributed by atoms with E-state index in [0.29, 0.717) is 15.3 Å². The molecule has 0 unspecified atom stereocenters. The molecule has 1 N–H and O–H groups in total. The standard InChI is InChI=1S/C15H19ClN2S/c1-19-15(6-2-3-7-15)11-18-10-13-5-4-12(9-17)8-14(13)16/h4-5,8,18H,2-3,6-7,10-11H2,1H3. The largest absolute Gasteiger partial charge is 0.311 e. The lowest BCUT2D eigenvalue weighted by molar-refractivity contribution is 0.534. The smallest absolute Gasteiger partial charge is 0.0992 e. The van der Waals surface area contributed by atoms with Crippen molar-refractivity contribution in [3.63, 3.8) is 0 Å². The van der Waals surface area contributed by atoms with Crippen molar-refractivity contribution < 1.29 is 0 Å². The number of thioether (sulfide) groups is 1. The predicted octanol–water partition coefficient (Wildman–Crippen LogP) is 3.98. The van der Waals surface area contributed by atoms with Crippen LogP contribution in [0.1, 0.15) is 36.8 Å². The summed E-state index contributed by atoms with van der Waals surface area (Å²) in [6.07, 6.45) is 7.52. The Balaban J connectivity index is 1.91. The molecule has 1 saturated carbocycles. The lowest BCUT2D eigenvalue weighted by Crippen LogP contribution is -2.34. The van der Waals surface area contributed by atoms with Crippen molar-refractivity contribution in [1.29, 1.82) is 5.26 Å². The first kappa shape index (κ1) is 14.7. The van der Waals surface area contributed by atoms with E-state index in [9.17, 15) is 0 Å². The SMILES string of the molecule is CSC1(CNCc2ccc(C#N)cc2Cl)CCCC1. The molecule has 0 spiro atoms. The number of nitrogens with zero attached hydrogens (tertiary/aromatic N) is 1. The van der Waals surface area contributed by atoms with Crippen molar-refractivity contribution >= 4 is 23.4 Å². The van der Waals surface area contributed by atoms with E-state index < -0.39 is 0 Å². The highest BCUT2D eigenvalue weighted by Gasteiger charge is 2.32. The lowest BCUT2D eigenvalue weighted by atomic mass is 10.1. The molecule has 0 bridgehead atoms. The first-order valence-corrected chi connectivity index (χ1v) is 8.24. The quantitative estimate of drug-likeness (QED) is 0.892. The topological polar surface area (TPSA) is 35.8 Å². The molecule has 2 nitrogen and oxygen atoms in total. The van der Waals surface area contributed by atoms with Gasteiger partial charge >= 0.3 is 0 Å². The number of hydrogen-bond donors (Lipinski definition) is 1. The highest BCUT2D eigenvalue weighted by atomic mass is 35.5. The Morgan fingerprint density at radius 2 is 2.16 bits per heavy atom. The third-order valence-corrected chi connectivity index (χ3v) is 5.66. The van der Waals surface area contributed by atoms with Crippen LogP contribution in [0.25, 0.3) is 0 Å². The summed E-state index contributed by atoms with van der Waals surface area (Å²) in [5.74, 6) is 0. The minimum atomic E-state index is 0.416. The van der Waals surface area contributed by atoms with E-state index >= 15 is 0 Å². The molecule has 1 fully saturated rings. The Bertz CT molecular complexity index is 476. The molecule has 102 valence electrons. The number of halogens is 1. The van der Waals surface area contributed by atoms with Gasteiger partial charge in [0.15, 0.2) is 0 Å². The summed E-state index contributed by atoms with van der Waals surface area (Å²) < 4.78 is 0.416. The molecule has 0 radical (unpaired) electrons. The van der Waals surface area contributed by atoms with Gasteiger partial charge in [-0.3, -0.25) is 0 Å². The van der Waals surface area contributed by atoms with Gasteiger partial charge in [0, 0.05) is 22.9 Å². The summed E-state index contributed by atoms with van der Waals surface area (Å²) >= 11 is 8.16. The van der Waals surface area contributed by atoms with Crippen molar-refractivity contribution in [3.8, 4) is 6.07 Å². The molecule has 0 aromatic heterocycles. The molecule has 0 amide bonds. The lowest BCUT2D eigenvalue weighted by Gasteiger charge is -2.27. The van der Waals surface area contributed by atoms with E-state index in [1.54, 1.807) is 6.07 Å². The fraction of sp³-hybridized carbons (Fsp3) is 0.533. The predicted molar refractivity (Wildman–Crippen MR) is 82.6 cm³/mol. The van der Waals surface area contributed by atoms with Gasteiger partial charge in [0.25, 0.3) is 0 Å². The van der Waals surface area contributed by atoms with Crippen molar-refractivity contribution in [2.45, 2.75) is 37.0 Å². The maximum absolute atomic E-state index is 8.81. The van der Waals surface area contributed by atoms with Gasteiger partial charge in [0.1, 0.15) is 0 Å².